The van der Waals surface area contributed by atoms with Crippen molar-refractivity contribution in [1.82, 2.24) is 10.3 Å². The van der Waals surface area contributed by atoms with Crippen LogP contribution in [0.3, 0.4) is 0 Å². The van der Waals surface area contributed by atoms with Crippen molar-refractivity contribution in [1.29, 1.82) is 0 Å². The largest absolute Gasteiger partial charge is 0.481 e. The second-order valence-electron chi connectivity index (χ2n) is 5.48. The zero-order valence-corrected chi connectivity index (χ0v) is 12.7. The van der Waals surface area contributed by atoms with Gasteiger partial charge in [-0.3, -0.25) is 9.59 Å². The Balaban J connectivity index is 2.04. The van der Waals surface area contributed by atoms with Gasteiger partial charge in [-0.15, -0.1) is 11.3 Å². The van der Waals surface area contributed by atoms with Crippen LogP contribution in [-0.4, -0.2) is 28.5 Å². The van der Waals surface area contributed by atoms with Crippen LogP contribution in [0, 0.1) is 19.3 Å². The predicted octanol–water partition coefficient (Wildman–Crippen LogP) is 2.52. The van der Waals surface area contributed by atoms with Gasteiger partial charge in [0.2, 0.25) is 0 Å². The molecule has 0 radical (unpaired) electrons. The number of aromatic nitrogens is 1. The SMILES string of the molecule is Cc1nc(C)c(C(=O)NCC2(C(=O)O)CCCCC2)s1. The number of aryl methyl sites for hydroxylation is 2. The predicted molar refractivity (Wildman–Crippen MR) is 77.1 cm³/mol. The van der Waals surface area contributed by atoms with Gasteiger partial charge in [0.1, 0.15) is 4.88 Å². The second kappa shape index (κ2) is 5.91. The lowest BCUT2D eigenvalue weighted by Crippen LogP contribution is -2.44. The Morgan fingerprint density at radius 1 is 1.30 bits per heavy atom. The third kappa shape index (κ3) is 3.00. The van der Waals surface area contributed by atoms with Crippen LogP contribution in [0.4, 0.5) is 0 Å². The van der Waals surface area contributed by atoms with Gasteiger partial charge in [0.25, 0.3) is 5.91 Å². The number of amides is 1. The average molecular weight is 296 g/mol. The van der Waals surface area contributed by atoms with E-state index in [0.29, 0.717) is 23.4 Å². The van der Waals surface area contributed by atoms with Gasteiger partial charge >= 0.3 is 5.97 Å². The van der Waals surface area contributed by atoms with Gasteiger partial charge in [-0.05, 0) is 26.7 Å². The van der Waals surface area contributed by atoms with Crippen molar-refractivity contribution < 1.29 is 14.7 Å². The number of carbonyl (C=O) groups excluding carboxylic acids is 1. The van der Waals surface area contributed by atoms with Crippen LogP contribution >= 0.6 is 11.3 Å². The molecule has 20 heavy (non-hydrogen) atoms. The molecule has 1 heterocycles. The van der Waals surface area contributed by atoms with E-state index in [9.17, 15) is 14.7 Å². The fourth-order valence-electron chi connectivity index (χ4n) is 2.77. The van der Waals surface area contributed by atoms with Gasteiger partial charge in [-0.25, -0.2) is 4.98 Å². The normalized spacial score (nSPS) is 17.7. The lowest BCUT2D eigenvalue weighted by atomic mass is 9.74. The molecule has 1 aliphatic carbocycles. The zero-order valence-electron chi connectivity index (χ0n) is 11.9. The first-order chi connectivity index (χ1) is 9.44. The summed E-state index contributed by atoms with van der Waals surface area (Å²) < 4.78 is 0. The summed E-state index contributed by atoms with van der Waals surface area (Å²) in [4.78, 5) is 28.5. The van der Waals surface area contributed by atoms with Gasteiger partial charge in [-0.2, -0.15) is 0 Å². The van der Waals surface area contributed by atoms with Crippen molar-refractivity contribution in [3.8, 4) is 0 Å². The molecule has 0 bridgehead atoms. The molecular formula is C14H20N2O3S. The average Bonchev–Trinajstić information content (AvgIpc) is 2.76. The van der Waals surface area contributed by atoms with Gasteiger partial charge in [-0.1, -0.05) is 19.3 Å². The number of rotatable bonds is 4. The standard InChI is InChI=1S/C14H20N2O3S/c1-9-11(20-10(2)16-9)12(17)15-8-14(13(18)19)6-4-3-5-7-14/h3-8H2,1-2H3,(H,15,17)(H,18,19). The molecule has 0 spiro atoms. The fourth-order valence-corrected chi connectivity index (χ4v) is 3.60. The monoisotopic (exact) mass is 296 g/mol. The maximum atomic E-state index is 12.2. The third-order valence-corrected chi connectivity index (χ3v) is 5.03. The molecule has 1 aromatic rings. The number of aliphatic carboxylic acids is 1. The summed E-state index contributed by atoms with van der Waals surface area (Å²) >= 11 is 1.35. The molecule has 1 aromatic heterocycles. The minimum absolute atomic E-state index is 0.206. The van der Waals surface area contributed by atoms with Crippen LogP contribution in [0.1, 0.15) is 52.5 Å². The van der Waals surface area contributed by atoms with Crippen LogP contribution in [0.5, 0.6) is 0 Å². The molecule has 0 unspecified atom stereocenters. The van der Waals surface area contributed by atoms with Gasteiger partial charge in [0, 0.05) is 6.54 Å². The molecule has 1 amide bonds. The summed E-state index contributed by atoms with van der Waals surface area (Å²) in [6.45, 7) is 3.86. The Morgan fingerprint density at radius 3 is 2.45 bits per heavy atom. The van der Waals surface area contributed by atoms with Gasteiger partial charge in [0.05, 0.1) is 16.1 Å². The van der Waals surface area contributed by atoms with Crippen molar-refractivity contribution in [2.45, 2.75) is 46.0 Å². The van der Waals surface area contributed by atoms with Gasteiger partial charge in [0.15, 0.2) is 0 Å². The Bertz CT molecular complexity index is 518. The molecule has 0 aromatic carbocycles. The lowest BCUT2D eigenvalue weighted by Gasteiger charge is -2.33. The first-order valence-electron chi connectivity index (χ1n) is 6.90. The lowest BCUT2D eigenvalue weighted by molar-refractivity contribution is -0.150. The highest BCUT2D eigenvalue weighted by atomic mass is 32.1. The van der Waals surface area contributed by atoms with Crippen molar-refractivity contribution >= 4 is 23.2 Å². The Labute approximate surface area is 122 Å². The van der Waals surface area contributed by atoms with Crippen LogP contribution in [0.2, 0.25) is 0 Å². The molecule has 1 aliphatic rings. The summed E-state index contributed by atoms with van der Waals surface area (Å²) in [5.41, 5.74) is -0.0836. The Morgan fingerprint density at radius 2 is 1.95 bits per heavy atom. The molecular weight excluding hydrogens is 276 g/mol. The van der Waals surface area contributed by atoms with Crippen molar-refractivity contribution in [3.63, 3.8) is 0 Å². The summed E-state index contributed by atoms with van der Waals surface area (Å²) in [6, 6.07) is 0. The molecule has 0 saturated heterocycles. The third-order valence-electron chi connectivity index (χ3n) is 3.96. The zero-order chi connectivity index (χ0) is 14.8. The molecule has 0 aliphatic heterocycles. The van der Waals surface area contributed by atoms with Crippen molar-refractivity contribution in [3.05, 3.63) is 15.6 Å². The number of nitrogens with zero attached hydrogens (tertiary/aromatic N) is 1. The van der Waals surface area contributed by atoms with E-state index in [1.807, 2.05) is 6.92 Å². The highest BCUT2D eigenvalue weighted by molar-refractivity contribution is 7.13. The number of carboxylic acid groups (broad SMARTS) is 1. The van der Waals surface area contributed by atoms with E-state index in [4.69, 9.17) is 0 Å². The molecule has 2 rings (SSSR count). The molecule has 6 heteroatoms. The van der Waals surface area contributed by atoms with Crippen LogP contribution in [0.15, 0.2) is 0 Å². The summed E-state index contributed by atoms with van der Waals surface area (Å²) in [5.74, 6) is -1.01. The number of hydrogen-bond acceptors (Lipinski definition) is 4. The van der Waals surface area contributed by atoms with Crippen molar-refractivity contribution in [2.24, 2.45) is 5.41 Å². The smallest absolute Gasteiger partial charge is 0.311 e. The molecule has 0 atom stereocenters. The van der Waals surface area contributed by atoms with Crippen LogP contribution < -0.4 is 5.32 Å². The maximum absolute atomic E-state index is 12.2. The second-order valence-corrected chi connectivity index (χ2v) is 6.68. The van der Waals surface area contributed by atoms with E-state index in [2.05, 4.69) is 10.3 Å². The highest BCUT2D eigenvalue weighted by Gasteiger charge is 2.39. The van der Waals surface area contributed by atoms with E-state index < -0.39 is 11.4 Å². The van der Waals surface area contributed by atoms with Crippen LogP contribution in [0.25, 0.3) is 0 Å². The first kappa shape index (κ1) is 15.0. The van der Waals surface area contributed by atoms with Gasteiger partial charge < -0.3 is 10.4 Å². The van der Waals surface area contributed by atoms with Crippen molar-refractivity contribution in [2.75, 3.05) is 6.54 Å². The van der Waals surface area contributed by atoms with E-state index >= 15 is 0 Å². The Kier molecular flexibility index (Phi) is 4.42. The van der Waals surface area contributed by atoms with E-state index in [-0.39, 0.29) is 12.5 Å². The fraction of sp³-hybridized carbons (Fsp3) is 0.643. The summed E-state index contributed by atoms with van der Waals surface area (Å²) in [6.07, 6.45) is 4.20. The molecule has 2 N–H and O–H groups in total. The Hall–Kier alpha value is -1.43. The quantitative estimate of drug-likeness (QED) is 0.895. The van der Waals surface area contributed by atoms with Crippen LogP contribution in [-0.2, 0) is 4.79 Å². The molecule has 1 fully saturated rings. The number of thiazole rings is 1. The van der Waals surface area contributed by atoms with E-state index in [1.165, 1.54) is 11.3 Å². The number of hydrogen-bond donors (Lipinski definition) is 2. The maximum Gasteiger partial charge on any atom is 0.311 e. The number of carboxylic acids is 1. The van der Waals surface area contributed by atoms with E-state index in [0.717, 1.165) is 24.3 Å². The molecule has 5 nitrogen and oxygen atoms in total. The topological polar surface area (TPSA) is 79.3 Å². The first-order valence-corrected chi connectivity index (χ1v) is 7.72. The molecule has 110 valence electrons. The molecule has 1 saturated carbocycles. The van der Waals surface area contributed by atoms with E-state index in [1.54, 1.807) is 6.92 Å². The number of carbonyl (C=O) groups is 2. The minimum Gasteiger partial charge on any atom is -0.481 e. The summed E-state index contributed by atoms with van der Waals surface area (Å²) in [7, 11) is 0. The number of nitrogens with one attached hydrogen (secondary N) is 1. The summed E-state index contributed by atoms with van der Waals surface area (Å²) in [5, 5.41) is 13.1. The minimum atomic E-state index is -0.797. The highest BCUT2D eigenvalue weighted by Crippen LogP contribution is 2.36.